The number of carbonyl (C=O) groups excluding carboxylic acids is 3. The number of ether oxygens (including phenoxy) is 4. The number of amides is 3. The molecule has 0 bridgehead atoms. The van der Waals surface area contributed by atoms with Crippen LogP contribution in [0.15, 0.2) is 60.7 Å². The van der Waals surface area contributed by atoms with Crippen LogP contribution in [0.4, 0.5) is 9.59 Å². The Kier molecular flexibility index (Phi) is 10.4. The van der Waals surface area contributed by atoms with Crippen molar-refractivity contribution in [1.82, 2.24) is 35.1 Å². The van der Waals surface area contributed by atoms with Crippen molar-refractivity contribution in [3.05, 3.63) is 77.9 Å². The van der Waals surface area contributed by atoms with E-state index in [1.165, 1.54) is 7.11 Å². The molecule has 3 amide bonds. The summed E-state index contributed by atoms with van der Waals surface area (Å²) in [6, 6.07) is 19.9. The van der Waals surface area contributed by atoms with Gasteiger partial charge in [0.15, 0.2) is 0 Å². The molecule has 0 radical (unpaired) electrons. The molecule has 4 unspecified atom stereocenters. The van der Waals surface area contributed by atoms with Crippen molar-refractivity contribution in [1.29, 1.82) is 0 Å². The Balaban J connectivity index is 0.972. The van der Waals surface area contributed by atoms with Crippen molar-refractivity contribution in [3.63, 3.8) is 0 Å². The number of nitrogens with zero attached hydrogens (tertiary/aromatic N) is 4. The smallest absolute Gasteiger partial charge is 0.410 e. The fourth-order valence-electron chi connectivity index (χ4n) is 9.26. The number of alkyl carbamates (subject to hydrolysis) is 1. The third kappa shape index (κ3) is 7.62. The van der Waals surface area contributed by atoms with E-state index in [9.17, 15) is 14.4 Å². The molecule has 0 saturated carbocycles. The normalized spacial score (nSPS) is 19.3. The quantitative estimate of drug-likeness (QED) is 0.136. The van der Waals surface area contributed by atoms with Crippen molar-refractivity contribution in [2.75, 3.05) is 33.9 Å². The second kappa shape index (κ2) is 15.7. The molecule has 9 rings (SSSR count). The maximum atomic E-state index is 13.7. The number of H-pyrrole nitrogens is 2. The Bertz CT molecular complexity index is 2680. The molecule has 0 aliphatic carbocycles. The Labute approximate surface area is 354 Å². The first-order valence-corrected chi connectivity index (χ1v) is 21.1. The van der Waals surface area contributed by atoms with Crippen LogP contribution >= 0.6 is 0 Å². The number of aromatic nitrogens is 4. The van der Waals surface area contributed by atoms with E-state index >= 15 is 0 Å². The zero-order valence-electron chi connectivity index (χ0n) is 35.8. The third-order valence-electron chi connectivity index (χ3n) is 12.2. The first-order chi connectivity index (χ1) is 29.3. The summed E-state index contributed by atoms with van der Waals surface area (Å²) in [7, 11) is 2.98. The van der Waals surface area contributed by atoms with Crippen LogP contribution in [0.25, 0.3) is 55.1 Å². The summed E-state index contributed by atoms with van der Waals surface area (Å²) >= 11 is 0. The molecular formula is C47H53N7O7. The van der Waals surface area contributed by atoms with Crippen molar-refractivity contribution in [3.8, 4) is 28.0 Å². The van der Waals surface area contributed by atoms with E-state index in [-0.39, 0.29) is 35.9 Å². The third-order valence-corrected chi connectivity index (χ3v) is 12.2. The minimum atomic E-state index is -0.694. The zero-order chi connectivity index (χ0) is 42.7. The summed E-state index contributed by atoms with van der Waals surface area (Å²) in [5.41, 5.74) is 8.15. The first-order valence-electron chi connectivity index (χ1n) is 21.1. The van der Waals surface area contributed by atoms with E-state index in [1.54, 1.807) is 12.0 Å². The number of hydrogen-bond donors (Lipinski definition) is 3. The Morgan fingerprint density at radius 1 is 0.902 bits per heavy atom. The fraction of sp³-hybridized carbons (Fsp3) is 0.426. The number of hydrogen-bond acceptors (Lipinski definition) is 9. The number of benzene rings is 4. The predicted octanol–water partition coefficient (Wildman–Crippen LogP) is 8.81. The van der Waals surface area contributed by atoms with Crippen molar-refractivity contribution in [2.45, 2.75) is 84.2 Å². The van der Waals surface area contributed by atoms with E-state index in [0.29, 0.717) is 26.3 Å². The summed E-state index contributed by atoms with van der Waals surface area (Å²) in [4.78, 5) is 59.8. The Hall–Kier alpha value is -6.15. The van der Waals surface area contributed by atoms with E-state index in [4.69, 9.17) is 28.9 Å². The first kappa shape index (κ1) is 40.3. The summed E-state index contributed by atoms with van der Waals surface area (Å²) < 4.78 is 22.5. The van der Waals surface area contributed by atoms with E-state index < -0.39 is 17.7 Å². The van der Waals surface area contributed by atoms with Gasteiger partial charge in [-0.1, -0.05) is 38.1 Å². The van der Waals surface area contributed by atoms with E-state index in [0.717, 1.165) is 97.3 Å². The van der Waals surface area contributed by atoms with Gasteiger partial charge in [0.25, 0.3) is 0 Å². The highest BCUT2D eigenvalue weighted by molar-refractivity contribution is 6.07. The maximum absolute atomic E-state index is 13.7. The minimum Gasteiger partial charge on any atom is -0.488 e. The summed E-state index contributed by atoms with van der Waals surface area (Å²) in [5.74, 6) is 2.19. The monoisotopic (exact) mass is 827 g/mol. The molecule has 14 heteroatoms. The molecule has 4 atom stereocenters. The summed E-state index contributed by atoms with van der Waals surface area (Å²) in [5, 5.41) is 4.74. The van der Waals surface area contributed by atoms with Gasteiger partial charge < -0.3 is 39.1 Å². The second-order valence-corrected chi connectivity index (χ2v) is 17.9. The maximum Gasteiger partial charge on any atom is 0.410 e. The van der Waals surface area contributed by atoms with Crippen LogP contribution in [-0.2, 0) is 25.6 Å². The molecule has 5 heterocycles. The number of methoxy groups -OCH3 is 2. The van der Waals surface area contributed by atoms with Gasteiger partial charge in [-0.2, -0.15) is 0 Å². The SMILES string of the molecule is COCC1CC(c2nc3c(ccc4cc5c(cc43)OCc3cc(-c4ccc6nc(C7CCCN7C(=O)C(NC(=O)OC)C(C)C)[nH]c6c4)ccc3-5)[nH]2)N(C(=O)OC(C)(C)C)C1. The average molecular weight is 828 g/mol. The molecule has 3 aliphatic heterocycles. The molecule has 3 N–H and O–H groups in total. The van der Waals surface area contributed by atoms with Gasteiger partial charge in [-0.05, 0) is 110 Å². The molecule has 14 nitrogen and oxygen atoms in total. The van der Waals surface area contributed by atoms with Gasteiger partial charge in [-0.25, -0.2) is 19.6 Å². The van der Waals surface area contributed by atoms with E-state index in [2.05, 4.69) is 69.9 Å². The summed E-state index contributed by atoms with van der Waals surface area (Å²) in [6.45, 7) is 11.6. The largest absolute Gasteiger partial charge is 0.488 e. The summed E-state index contributed by atoms with van der Waals surface area (Å²) in [6.07, 6.45) is 1.37. The lowest BCUT2D eigenvalue weighted by atomic mass is 9.91. The average Bonchev–Trinajstić information content (AvgIpc) is 4.06. The number of aromatic amines is 2. The molecule has 3 aliphatic rings. The lowest BCUT2D eigenvalue weighted by Gasteiger charge is -2.29. The van der Waals surface area contributed by atoms with Crippen LogP contribution in [0.3, 0.4) is 0 Å². The highest BCUT2D eigenvalue weighted by atomic mass is 16.6. The molecule has 2 aromatic heterocycles. The second-order valence-electron chi connectivity index (χ2n) is 17.9. The van der Waals surface area contributed by atoms with Gasteiger partial charge in [0.05, 0.1) is 47.9 Å². The van der Waals surface area contributed by atoms with Gasteiger partial charge in [0.2, 0.25) is 5.91 Å². The zero-order valence-corrected chi connectivity index (χ0v) is 35.8. The van der Waals surface area contributed by atoms with Gasteiger partial charge in [0.1, 0.15) is 35.6 Å². The van der Waals surface area contributed by atoms with E-state index in [1.807, 2.05) is 45.6 Å². The fourth-order valence-corrected chi connectivity index (χ4v) is 9.26. The topological polar surface area (TPSA) is 164 Å². The van der Waals surface area contributed by atoms with Crippen LogP contribution in [-0.4, -0.2) is 93.4 Å². The van der Waals surface area contributed by atoms with Gasteiger partial charge in [-0.3, -0.25) is 9.69 Å². The van der Waals surface area contributed by atoms with Crippen LogP contribution in [0.1, 0.15) is 83.2 Å². The van der Waals surface area contributed by atoms with Crippen molar-refractivity contribution >= 4 is 50.9 Å². The molecule has 4 aromatic carbocycles. The number of imidazole rings is 2. The predicted molar refractivity (Wildman–Crippen MR) is 232 cm³/mol. The lowest BCUT2D eigenvalue weighted by molar-refractivity contribution is -0.135. The lowest BCUT2D eigenvalue weighted by Crippen LogP contribution is -2.51. The molecule has 61 heavy (non-hydrogen) atoms. The minimum absolute atomic E-state index is 0.110. The highest BCUT2D eigenvalue weighted by Gasteiger charge is 2.41. The molecule has 318 valence electrons. The van der Waals surface area contributed by atoms with Crippen LogP contribution in [0.5, 0.6) is 5.75 Å². The van der Waals surface area contributed by atoms with Crippen LogP contribution in [0, 0.1) is 11.8 Å². The molecular weight excluding hydrogens is 775 g/mol. The Morgan fingerprint density at radius 2 is 1.67 bits per heavy atom. The van der Waals surface area contributed by atoms with Crippen molar-refractivity contribution < 1.29 is 33.3 Å². The number of nitrogens with one attached hydrogen (secondary N) is 3. The highest BCUT2D eigenvalue weighted by Crippen LogP contribution is 2.44. The standard InChI is InChI=1S/C47H53N7O7/c1-25(2)40(52-45(56)59-7)44(55)53-16-8-9-37(53)42-48-34-14-11-28(20-36(34)50-42)27-10-13-31-30(18-27)24-60-39-21-32-29(19-33(31)39)12-15-35-41(32)51-43(49-35)38-17-26(23-58-6)22-54(38)46(57)61-47(3,4)5/h10-15,18-21,25-26,37-38,40H,8-9,16-17,22-24H2,1-7H3,(H,48,50)(H,49,51)(H,52,56). The number of fused-ring (bicyclic) bond motifs is 7. The van der Waals surface area contributed by atoms with Crippen LogP contribution < -0.4 is 10.1 Å². The van der Waals surface area contributed by atoms with Gasteiger partial charge in [-0.15, -0.1) is 0 Å². The van der Waals surface area contributed by atoms with Crippen LogP contribution in [0.2, 0.25) is 0 Å². The molecule has 2 fully saturated rings. The molecule has 2 saturated heterocycles. The number of carbonyl (C=O) groups is 3. The Morgan fingerprint density at radius 3 is 2.44 bits per heavy atom. The number of likely N-dealkylation sites (tertiary alicyclic amines) is 2. The van der Waals surface area contributed by atoms with Gasteiger partial charge >= 0.3 is 12.2 Å². The van der Waals surface area contributed by atoms with Crippen molar-refractivity contribution in [2.24, 2.45) is 11.8 Å². The van der Waals surface area contributed by atoms with Gasteiger partial charge in [0, 0.05) is 37.1 Å². The molecule has 6 aromatic rings. The molecule has 0 spiro atoms. The number of rotatable bonds is 8.